The lowest BCUT2D eigenvalue weighted by Gasteiger charge is -2.17. The summed E-state index contributed by atoms with van der Waals surface area (Å²) in [5.74, 6) is 2.94. The Balaban J connectivity index is 2.66. The van der Waals surface area contributed by atoms with Crippen molar-refractivity contribution in [3.63, 3.8) is 0 Å². The standard InChI is InChI=1S/C12H20N2OS/c1-4-16-8-9(2)14-10-6-5-7-11(15-3)12(10)13/h5-7,9,14H,4,8,13H2,1-3H3. The molecule has 0 fully saturated rings. The molecule has 0 saturated carbocycles. The molecule has 1 aromatic carbocycles. The van der Waals surface area contributed by atoms with Crippen LogP contribution in [0.2, 0.25) is 0 Å². The average Bonchev–Trinajstić information content (AvgIpc) is 2.29. The third kappa shape index (κ3) is 3.52. The SMILES string of the molecule is CCSCC(C)Nc1cccc(OC)c1N. The molecular weight excluding hydrogens is 220 g/mol. The molecule has 1 unspecified atom stereocenters. The minimum absolute atomic E-state index is 0.402. The molecule has 16 heavy (non-hydrogen) atoms. The van der Waals surface area contributed by atoms with Crippen molar-refractivity contribution in [1.29, 1.82) is 0 Å². The van der Waals surface area contributed by atoms with Crippen LogP contribution in [0.15, 0.2) is 18.2 Å². The van der Waals surface area contributed by atoms with Crippen LogP contribution in [-0.2, 0) is 0 Å². The number of anilines is 2. The van der Waals surface area contributed by atoms with Crippen molar-refractivity contribution in [1.82, 2.24) is 0 Å². The average molecular weight is 240 g/mol. The first-order chi connectivity index (χ1) is 7.69. The highest BCUT2D eigenvalue weighted by Crippen LogP contribution is 2.29. The van der Waals surface area contributed by atoms with Gasteiger partial charge in [0, 0.05) is 11.8 Å². The predicted octanol–water partition coefficient (Wildman–Crippen LogP) is 2.83. The summed E-state index contributed by atoms with van der Waals surface area (Å²) in [6.07, 6.45) is 0. The van der Waals surface area contributed by atoms with Crippen LogP contribution >= 0.6 is 11.8 Å². The predicted molar refractivity (Wildman–Crippen MR) is 73.5 cm³/mol. The molecule has 0 aliphatic rings. The van der Waals surface area contributed by atoms with Gasteiger partial charge in [0.05, 0.1) is 18.5 Å². The summed E-state index contributed by atoms with van der Waals surface area (Å²) < 4.78 is 5.18. The van der Waals surface area contributed by atoms with Crippen LogP contribution in [0.25, 0.3) is 0 Å². The van der Waals surface area contributed by atoms with E-state index in [2.05, 4.69) is 19.2 Å². The number of rotatable bonds is 6. The molecule has 1 rings (SSSR count). The van der Waals surface area contributed by atoms with Crippen molar-refractivity contribution in [3.8, 4) is 5.75 Å². The third-order valence-electron chi connectivity index (χ3n) is 2.26. The van der Waals surface area contributed by atoms with E-state index in [1.807, 2.05) is 30.0 Å². The fourth-order valence-corrected chi connectivity index (χ4v) is 2.12. The zero-order valence-electron chi connectivity index (χ0n) is 10.1. The lowest BCUT2D eigenvalue weighted by Crippen LogP contribution is -2.19. The van der Waals surface area contributed by atoms with Crippen LogP contribution in [0.5, 0.6) is 5.75 Å². The fraction of sp³-hybridized carbons (Fsp3) is 0.500. The summed E-state index contributed by atoms with van der Waals surface area (Å²) in [6, 6.07) is 6.19. The number of nitrogens with one attached hydrogen (secondary N) is 1. The topological polar surface area (TPSA) is 47.3 Å². The van der Waals surface area contributed by atoms with Gasteiger partial charge in [0.25, 0.3) is 0 Å². The molecule has 0 bridgehead atoms. The molecule has 0 radical (unpaired) electrons. The first-order valence-electron chi connectivity index (χ1n) is 5.45. The number of hydrogen-bond acceptors (Lipinski definition) is 4. The summed E-state index contributed by atoms with van der Waals surface area (Å²) in [6.45, 7) is 4.32. The molecule has 0 spiro atoms. The van der Waals surface area contributed by atoms with E-state index in [-0.39, 0.29) is 0 Å². The Morgan fingerprint density at radius 3 is 2.88 bits per heavy atom. The Morgan fingerprint density at radius 2 is 2.25 bits per heavy atom. The Hall–Kier alpha value is -1.03. The first-order valence-corrected chi connectivity index (χ1v) is 6.61. The zero-order valence-corrected chi connectivity index (χ0v) is 10.9. The number of benzene rings is 1. The van der Waals surface area contributed by atoms with E-state index in [1.165, 1.54) is 0 Å². The van der Waals surface area contributed by atoms with E-state index in [0.29, 0.717) is 11.7 Å². The molecule has 0 aliphatic carbocycles. The molecule has 1 aromatic rings. The number of thioether (sulfide) groups is 1. The summed E-state index contributed by atoms with van der Waals surface area (Å²) in [4.78, 5) is 0. The molecule has 0 amide bonds. The van der Waals surface area contributed by atoms with Gasteiger partial charge in [0.2, 0.25) is 0 Å². The maximum atomic E-state index is 5.98. The molecule has 0 heterocycles. The van der Waals surface area contributed by atoms with E-state index in [4.69, 9.17) is 10.5 Å². The highest BCUT2D eigenvalue weighted by molar-refractivity contribution is 7.99. The van der Waals surface area contributed by atoms with Gasteiger partial charge in [-0.15, -0.1) is 0 Å². The molecule has 0 aromatic heterocycles. The van der Waals surface area contributed by atoms with Gasteiger partial charge >= 0.3 is 0 Å². The van der Waals surface area contributed by atoms with Gasteiger partial charge in [-0.1, -0.05) is 13.0 Å². The lowest BCUT2D eigenvalue weighted by molar-refractivity contribution is 0.417. The highest BCUT2D eigenvalue weighted by atomic mass is 32.2. The van der Waals surface area contributed by atoms with Crippen LogP contribution in [-0.4, -0.2) is 24.7 Å². The van der Waals surface area contributed by atoms with E-state index in [0.717, 1.165) is 22.9 Å². The molecule has 3 nitrogen and oxygen atoms in total. The summed E-state index contributed by atoms with van der Waals surface area (Å²) in [5, 5.41) is 3.39. The van der Waals surface area contributed by atoms with Gasteiger partial charge in [-0.2, -0.15) is 11.8 Å². The maximum Gasteiger partial charge on any atom is 0.143 e. The van der Waals surface area contributed by atoms with E-state index >= 15 is 0 Å². The fourth-order valence-electron chi connectivity index (χ4n) is 1.45. The van der Waals surface area contributed by atoms with Gasteiger partial charge in [-0.05, 0) is 24.8 Å². The molecular formula is C12H20N2OS. The molecule has 4 heteroatoms. The van der Waals surface area contributed by atoms with Gasteiger partial charge in [-0.3, -0.25) is 0 Å². The highest BCUT2D eigenvalue weighted by Gasteiger charge is 2.07. The second kappa shape index (κ2) is 6.53. The largest absolute Gasteiger partial charge is 0.495 e. The Labute approximate surface area is 102 Å². The smallest absolute Gasteiger partial charge is 0.143 e. The lowest BCUT2D eigenvalue weighted by atomic mass is 10.2. The molecule has 0 aliphatic heterocycles. The normalized spacial score (nSPS) is 12.2. The van der Waals surface area contributed by atoms with Crippen LogP contribution in [0.3, 0.4) is 0 Å². The molecule has 0 saturated heterocycles. The van der Waals surface area contributed by atoms with Crippen molar-refractivity contribution < 1.29 is 4.74 Å². The van der Waals surface area contributed by atoms with Gasteiger partial charge in [-0.25, -0.2) is 0 Å². The molecule has 3 N–H and O–H groups in total. The van der Waals surface area contributed by atoms with Crippen molar-refractivity contribution in [2.45, 2.75) is 19.9 Å². The Morgan fingerprint density at radius 1 is 1.50 bits per heavy atom. The second-order valence-electron chi connectivity index (χ2n) is 3.63. The Bertz CT molecular complexity index is 331. The van der Waals surface area contributed by atoms with Gasteiger partial charge < -0.3 is 15.8 Å². The maximum absolute atomic E-state index is 5.98. The first kappa shape index (κ1) is 13.0. The van der Waals surface area contributed by atoms with Crippen molar-refractivity contribution in [3.05, 3.63) is 18.2 Å². The van der Waals surface area contributed by atoms with Gasteiger partial charge in [0.1, 0.15) is 5.75 Å². The molecule has 1 atom stereocenters. The van der Waals surface area contributed by atoms with Crippen LogP contribution in [0.1, 0.15) is 13.8 Å². The van der Waals surface area contributed by atoms with Crippen LogP contribution < -0.4 is 15.8 Å². The van der Waals surface area contributed by atoms with E-state index in [1.54, 1.807) is 7.11 Å². The number of nitrogen functional groups attached to an aromatic ring is 1. The van der Waals surface area contributed by atoms with Crippen LogP contribution in [0.4, 0.5) is 11.4 Å². The van der Waals surface area contributed by atoms with Crippen molar-refractivity contribution in [2.75, 3.05) is 29.7 Å². The number of methoxy groups -OCH3 is 1. The summed E-state index contributed by atoms with van der Waals surface area (Å²) >= 11 is 1.92. The van der Waals surface area contributed by atoms with Gasteiger partial charge in [0.15, 0.2) is 0 Å². The van der Waals surface area contributed by atoms with Crippen molar-refractivity contribution >= 4 is 23.1 Å². The number of hydrogen-bond donors (Lipinski definition) is 2. The molecule has 90 valence electrons. The minimum Gasteiger partial charge on any atom is -0.495 e. The summed E-state index contributed by atoms with van der Waals surface area (Å²) in [5.41, 5.74) is 7.60. The third-order valence-corrected chi connectivity index (χ3v) is 3.40. The quantitative estimate of drug-likeness (QED) is 0.751. The van der Waals surface area contributed by atoms with Crippen LogP contribution in [0, 0.1) is 0 Å². The zero-order chi connectivity index (χ0) is 12.0. The second-order valence-corrected chi connectivity index (χ2v) is 4.95. The summed E-state index contributed by atoms with van der Waals surface area (Å²) in [7, 11) is 1.63. The van der Waals surface area contributed by atoms with E-state index < -0.39 is 0 Å². The van der Waals surface area contributed by atoms with Crippen molar-refractivity contribution in [2.24, 2.45) is 0 Å². The monoisotopic (exact) mass is 240 g/mol. The Kier molecular flexibility index (Phi) is 5.32. The minimum atomic E-state index is 0.402. The number of para-hydroxylation sites is 1. The number of nitrogens with two attached hydrogens (primary N) is 1. The number of ether oxygens (including phenoxy) is 1. The van der Waals surface area contributed by atoms with E-state index in [9.17, 15) is 0 Å².